The van der Waals surface area contributed by atoms with Gasteiger partial charge in [0, 0.05) is 39.1 Å². The summed E-state index contributed by atoms with van der Waals surface area (Å²) in [5.74, 6) is -3.07. The number of nitrogens with one attached hydrogen (secondary N) is 4. The molecule has 0 aromatic heterocycles. The number of carbonyl (C=O) groups is 7. The highest BCUT2D eigenvalue weighted by atomic mass is 16.5. The summed E-state index contributed by atoms with van der Waals surface area (Å²) in [6, 6.07) is -4.31. The topological polar surface area (TPSA) is 183 Å². The Bertz CT molecular complexity index is 1320. The molecular weight excluding hydrogens is 644 g/mol. The first kappa shape index (κ1) is 39.0. The number of urea groups is 1. The molecule has 6 atom stereocenters. The van der Waals surface area contributed by atoms with E-state index in [9.17, 15) is 33.6 Å². The van der Waals surface area contributed by atoms with Crippen LogP contribution in [0, 0.1) is 22.7 Å². The smallest absolute Gasteiger partial charge is 0.315 e. The monoisotopic (exact) mass is 700 g/mol. The van der Waals surface area contributed by atoms with Gasteiger partial charge < -0.3 is 30.9 Å². The van der Waals surface area contributed by atoms with Crippen molar-refractivity contribution in [2.45, 2.75) is 117 Å². The predicted octanol–water partition coefficient (Wildman–Crippen LogP) is 1.82. The van der Waals surface area contributed by atoms with Crippen molar-refractivity contribution in [3.05, 3.63) is 12.7 Å². The number of hydrogen-bond donors (Lipinski definition) is 4. The molecule has 0 bridgehead atoms. The Morgan fingerprint density at radius 2 is 1.70 bits per heavy atom. The van der Waals surface area contributed by atoms with E-state index in [1.165, 1.54) is 15.9 Å². The highest BCUT2D eigenvalue weighted by molar-refractivity contribution is 6.38. The van der Waals surface area contributed by atoms with Crippen LogP contribution in [0.4, 0.5) is 4.79 Å². The molecule has 1 saturated carbocycles. The van der Waals surface area contributed by atoms with Crippen molar-refractivity contribution < 1.29 is 38.3 Å². The highest BCUT2D eigenvalue weighted by Gasteiger charge is 2.58. The molecule has 0 aromatic carbocycles. The van der Waals surface area contributed by atoms with Gasteiger partial charge in [0.2, 0.25) is 29.4 Å². The Morgan fingerprint density at radius 1 is 1.04 bits per heavy atom. The number of imide groups is 1. The zero-order chi connectivity index (χ0) is 36.8. The van der Waals surface area contributed by atoms with Crippen molar-refractivity contribution in [1.82, 2.24) is 31.1 Å². The van der Waals surface area contributed by atoms with E-state index in [-0.39, 0.29) is 56.2 Å². The van der Waals surface area contributed by atoms with Crippen molar-refractivity contribution >= 4 is 41.4 Å². The molecular formula is C36H56N6O8. The van der Waals surface area contributed by atoms with Crippen LogP contribution in [0.5, 0.6) is 0 Å². The summed E-state index contributed by atoms with van der Waals surface area (Å²) in [4.78, 5) is 95.7. The van der Waals surface area contributed by atoms with E-state index in [2.05, 4.69) is 27.8 Å². The lowest BCUT2D eigenvalue weighted by Crippen LogP contribution is -2.61. The summed E-state index contributed by atoms with van der Waals surface area (Å²) < 4.78 is 5.90. The summed E-state index contributed by atoms with van der Waals surface area (Å²) in [6.45, 7) is 13.7. The zero-order valence-corrected chi connectivity index (χ0v) is 30.3. The van der Waals surface area contributed by atoms with Gasteiger partial charge in [0.05, 0.1) is 18.7 Å². The molecule has 4 fully saturated rings. The SMILES string of the molecule is C=CCNC(=O)C(=O)[C@@H]1CCCCCCCOC[C@H](NC(=O)N[C@H](CN2C(=O)CC(C)(C)CC2=O)C(C)(C)C)C(=O)N2C[C@@H]3C[C@@H]3[C@H]2C(=O)N1. The maximum absolute atomic E-state index is 14.1. The Balaban J connectivity index is 1.50. The van der Waals surface area contributed by atoms with Crippen LogP contribution in [-0.4, -0.2) is 108 Å². The van der Waals surface area contributed by atoms with Crippen molar-refractivity contribution in [1.29, 1.82) is 0 Å². The second-order valence-electron chi connectivity index (χ2n) is 16.2. The van der Waals surface area contributed by atoms with E-state index in [0.717, 1.165) is 32.1 Å². The minimum Gasteiger partial charge on any atom is -0.379 e. The molecule has 3 heterocycles. The summed E-state index contributed by atoms with van der Waals surface area (Å²) in [5.41, 5.74) is -0.986. The Morgan fingerprint density at radius 3 is 2.36 bits per heavy atom. The van der Waals surface area contributed by atoms with Gasteiger partial charge in [-0.2, -0.15) is 0 Å². The number of ketones is 1. The quantitative estimate of drug-likeness (QED) is 0.168. The van der Waals surface area contributed by atoms with Gasteiger partial charge in [0.15, 0.2) is 0 Å². The number of Topliss-reactive ketones (excluding diaryl/α,β-unsaturated/α-hetero) is 1. The van der Waals surface area contributed by atoms with E-state index in [0.29, 0.717) is 26.0 Å². The molecule has 0 unspecified atom stereocenters. The molecule has 0 spiro atoms. The second-order valence-corrected chi connectivity index (χ2v) is 16.2. The van der Waals surface area contributed by atoms with Crippen LogP contribution in [0.25, 0.3) is 0 Å². The average molecular weight is 701 g/mol. The summed E-state index contributed by atoms with van der Waals surface area (Å²) in [6.07, 6.45) is 6.83. The molecule has 3 aliphatic heterocycles. The van der Waals surface area contributed by atoms with E-state index in [1.807, 2.05) is 34.6 Å². The number of carbonyl (C=O) groups excluding carboxylic acids is 7. The number of rotatable bonds is 8. The first-order chi connectivity index (χ1) is 23.5. The molecule has 4 aliphatic rings. The van der Waals surface area contributed by atoms with Crippen LogP contribution in [0.15, 0.2) is 12.7 Å². The van der Waals surface area contributed by atoms with Gasteiger partial charge >= 0.3 is 6.03 Å². The lowest BCUT2D eigenvalue weighted by molar-refractivity contribution is -0.153. The molecule has 7 amide bonds. The average Bonchev–Trinajstić information content (AvgIpc) is 3.68. The second kappa shape index (κ2) is 16.5. The van der Waals surface area contributed by atoms with E-state index >= 15 is 0 Å². The van der Waals surface area contributed by atoms with Crippen molar-refractivity contribution in [2.75, 3.05) is 32.8 Å². The van der Waals surface area contributed by atoms with Gasteiger partial charge in [-0.05, 0) is 41.9 Å². The van der Waals surface area contributed by atoms with Crippen molar-refractivity contribution in [3.8, 4) is 0 Å². The van der Waals surface area contributed by atoms with Gasteiger partial charge in [0.1, 0.15) is 12.1 Å². The third-order valence-electron chi connectivity index (χ3n) is 10.2. The van der Waals surface area contributed by atoms with Crippen LogP contribution in [0.1, 0.15) is 92.4 Å². The Kier molecular flexibility index (Phi) is 12.8. The summed E-state index contributed by atoms with van der Waals surface area (Å²) in [7, 11) is 0. The maximum atomic E-state index is 14.1. The van der Waals surface area contributed by atoms with Gasteiger partial charge in [-0.15, -0.1) is 6.58 Å². The largest absolute Gasteiger partial charge is 0.379 e. The fourth-order valence-corrected chi connectivity index (χ4v) is 7.11. The number of amides is 7. The molecule has 50 heavy (non-hydrogen) atoms. The molecule has 3 saturated heterocycles. The lowest BCUT2D eigenvalue weighted by atomic mass is 9.80. The maximum Gasteiger partial charge on any atom is 0.315 e. The lowest BCUT2D eigenvalue weighted by Gasteiger charge is -2.40. The van der Waals surface area contributed by atoms with Crippen LogP contribution < -0.4 is 21.3 Å². The minimum atomic E-state index is -1.13. The molecule has 14 heteroatoms. The number of ether oxygens (including phenoxy) is 1. The summed E-state index contributed by atoms with van der Waals surface area (Å²) >= 11 is 0. The fourth-order valence-electron chi connectivity index (χ4n) is 7.11. The van der Waals surface area contributed by atoms with E-state index < -0.39 is 64.5 Å². The summed E-state index contributed by atoms with van der Waals surface area (Å²) in [5, 5.41) is 11.0. The Labute approximate surface area is 295 Å². The third kappa shape index (κ3) is 10.1. The van der Waals surface area contributed by atoms with Gasteiger partial charge in [-0.1, -0.05) is 66.4 Å². The molecule has 278 valence electrons. The number of piperidine rings is 2. The third-order valence-corrected chi connectivity index (χ3v) is 10.2. The molecule has 4 N–H and O–H groups in total. The number of likely N-dealkylation sites (tertiary alicyclic amines) is 1. The van der Waals surface area contributed by atoms with E-state index in [4.69, 9.17) is 4.74 Å². The molecule has 14 nitrogen and oxygen atoms in total. The van der Waals surface area contributed by atoms with Crippen molar-refractivity contribution in [3.63, 3.8) is 0 Å². The fraction of sp³-hybridized carbons (Fsp3) is 0.750. The molecule has 4 rings (SSSR count). The predicted molar refractivity (Wildman–Crippen MR) is 184 cm³/mol. The Hall–Kier alpha value is -3.81. The molecule has 0 radical (unpaired) electrons. The molecule has 0 aromatic rings. The number of fused-ring (bicyclic) bond motifs is 3. The number of hydrogen-bond acceptors (Lipinski definition) is 8. The van der Waals surface area contributed by atoms with Crippen LogP contribution in [-0.2, 0) is 33.5 Å². The van der Waals surface area contributed by atoms with Crippen LogP contribution in [0.3, 0.4) is 0 Å². The zero-order valence-electron chi connectivity index (χ0n) is 30.3. The normalized spacial score (nSPS) is 28.5. The first-order valence-electron chi connectivity index (χ1n) is 18.0. The molecule has 1 aliphatic carbocycles. The number of nitrogens with zero attached hydrogens (tertiary/aromatic N) is 2. The van der Waals surface area contributed by atoms with Crippen LogP contribution >= 0.6 is 0 Å². The van der Waals surface area contributed by atoms with Crippen molar-refractivity contribution in [2.24, 2.45) is 22.7 Å². The first-order valence-corrected chi connectivity index (χ1v) is 18.0. The van der Waals surface area contributed by atoms with E-state index in [1.54, 1.807) is 0 Å². The highest BCUT2D eigenvalue weighted by Crippen LogP contribution is 2.49. The minimum absolute atomic E-state index is 0.0109. The van der Waals surface area contributed by atoms with Gasteiger partial charge in [0.25, 0.3) is 5.91 Å². The van der Waals surface area contributed by atoms with Gasteiger partial charge in [-0.25, -0.2) is 4.79 Å². The van der Waals surface area contributed by atoms with Crippen LogP contribution in [0.2, 0.25) is 0 Å². The standard InChI is InChI=1S/C36H56N6O8/c1-7-14-37-32(47)30(45)24-13-11-9-8-10-12-15-50-21-25(33(48)42-19-22-16-23(22)29(42)31(46)38-24)39-34(49)40-26(35(2,3)4)20-41-27(43)17-36(5,6)18-28(41)44/h7,22-26,29H,1,8-21H2,2-6H3,(H,37,47)(H,38,46)(H2,39,40,49)/t22-,23-,24-,25-,26+,29-/m0/s1. The van der Waals surface area contributed by atoms with Gasteiger partial charge in [-0.3, -0.25) is 33.7 Å².